The minimum Gasteiger partial charge on any atom is -0.381 e. The second-order valence-electron chi connectivity index (χ2n) is 3.61. The van der Waals surface area contributed by atoms with E-state index in [9.17, 15) is 20.0 Å². The summed E-state index contributed by atoms with van der Waals surface area (Å²) in [5.41, 5.74) is -0.000732. The highest BCUT2D eigenvalue weighted by molar-refractivity contribution is 5.81. The highest BCUT2D eigenvalue weighted by Crippen LogP contribution is 2.25. The van der Waals surface area contributed by atoms with Crippen molar-refractivity contribution in [2.24, 2.45) is 0 Å². The Morgan fingerprint density at radius 2 is 2.32 bits per heavy atom. The Morgan fingerprint density at radius 1 is 1.63 bits per heavy atom. The van der Waals surface area contributed by atoms with E-state index >= 15 is 0 Å². The van der Waals surface area contributed by atoms with Gasteiger partial charge in [0.05, 0.1) is 23.1 Å². The smallest absolute Gasteiger partial charge is 0.293 e. The molecular formula is C11H12N4O4. The van der Waals surface area contributed by atoms with Crippen LogP contribution < -0.4 is 10.6 Å². The third-order valence-corrected chi connectivity index (χ3v) is 2.36. The van der Waals surface area contributed by atoms with Crippen molar-refractivity contribution in [2.45, 2.75) is 6.10 Å². The predicted molar refractivity (Wildman–Crippen MR) is 66.4 cm³/mol. The number of hydrogen-bond acceptors (Lipinski definition) is 6. The molecule has 0 spiro atoms. The SMILES string of the molecule is CNC(=O)C(O)CNc1ccc(C#N)cc1[N+](=O)[O-]. The van der Waals surface area contributed by atoms with Crippen LogP contribution in [-0.2, 0) is 4.79 Å². The quantitative estimate of drug-likeness (QED) is 0.506. The van der Waals surface area contributed by atoms with Crippen LogP contribution in [0.15, 0.2) is 18.2 Å². The largest absolute Gasteiger partial charge is 0.381 e. The predicted octanol–water partition coefficient (Wildman–Crippen LogP) is -0.0147. The van der Waals surface area contributed by atoms with Crippen molar-refractivity contribution in [1.82, 2.24) is 5.32 Å². The molecule has 0 aliphatic rings. The molecule has 0 aliphatic heterocycles. The van der Waals surface area contributed by atoms with Crippen LogP contribution in [0.2, 0.25) is 0 Å². The Labute approximate surface area is 108 Å². The van der Waals surface area contributed by atoms with Crippen LogP contribution in [0.3, 0.4) is 0 Å². The first-order chi connectivity index (χ1) is 8.99. The summed E-state index contributed by atoms with van der Waals surface area (Å²) in [7, 11) is 1.37. The number of amides is 1. The van der Waals surface area contributed by atoms with Crippen molar-refractivity contribution in [1.29, 1.82) is 5.26 Å². The fourth-order valence-electron chi connectivity index (χ4n) is 1.37. The number of nitro benzene ring substituents is 1. The minimum atomic E-state index is -1.32. The molecule has 1 amide bonds. The Balaban J connectivity index is 2.87. The maximum Gasteiger partial charge on any atom is 0.293 e. The lowest BCUT2D eigenvalue weighted by molar-refractivity contribution is -0.384. The molecule has 0 fully saturated rings. The fraction of sp³-hybridized carbons (Fsp3) is 0.273. The molecular weight excluding hydrogens is 252 g/mol. The summed E-state index contributed by atoms with van der Waals surface area (Å²) in [6.07, 6.45) is -1.32. The average Bonchev–Trinajstić information content (AvgIpc) is 2.43. The lowest BCUT2D eigenvalue weighted by atomic mass is 10.2. The Kier molecular flexibility index (Phi) is 4.79. The van der Waals surface area contributed by atoms with Gasteiger partial charge in [-0.05, 0) is 12.1 Å². The molecule has 0 radical (unpaired) electrons. The first kappa shape index (κ1) is 14.4. The number of carbonyl (C=O) groups excluding carboxylic acids is 1. The number of hydrogen-bond donors (Lipinski definition) is 3. The number of rotatable bonds is 5. The van der Waals surface area contributed by atoms with Crippen LogP contribution in [0.5, 0.6) is 0 Å². The molecule has 1 aromatic rings. The molecule has 8 heteroatoms. The number of anilines is 1. The number of nitrogens with one attached hydrogen (secondary N) is 2. The Bertz CT molecular complexity index is 538. The maximum atomic E-state index is 11.1. The zero-order valence-corrected chi connectivity index (χ0v) is 10.1. The molecule has 1 rings (SSSR count). The molecule has 1 atom stereocenters. The number of likely N-dealkylation sites (N-methyl/N-ethyl adjacent to an activating group) is 1. The maximum absolute atomic E-state index is 11.1. The summed E-state index contributed by atoms with van der Waals surface area (Å²) >= 11 is 0. The van der Waals surface area contributed by atoms with Gasteiger partial charge in [-0.2, -0.15) is 5.26 Å². The summed E-state index contributed by atoms with van der Waals surface area (Å²) < 4.78 is 0. The van der Waals surface area contributed by atoms with Crippen LogP contribution in [-0.4, -0.2) is 35.6 Å². The molecule has 3 N–H and O–H groups in total. The summed E-state index contributed by atoms with van der Waals surface area (Å²) in [4.78, 5) is 21.3. The molecule has 0 saturated carbocycles. The van der Waals surface area contributed by atoms with Gasteiger partial charge in [-0.15, -0.1) is 0 Å². The van der Waals surface area contributed by atoms with E-state index in [1.807, 2.05) is 0 Å². The van der Waals surface area contributed by atoms with Crippen molar-refractivity contribution in [3.05, 3.63) is 33.9 Å². The molecule has 0 bridgehead atoms. The number of nitrogens with zero attached hydrogens (tertiary/aromatic N) is 2. The van der Waals surface area contributed by atoms with E-state index in [0.29, 0.717) is 0 Å². The highest BCUT2D eigenvalue weighted by atomic mass is 16.6. The van der Waals surface area contributed by atoms with Crippen LogP contribution in [0, 0.1) is 21.4 Å². The van der Waals surface area contributed by atoms with Gasteiger partial charge in [-0.25, -0.2) is 0 Å². The summed E-state index contributed by atoms with van der Waals surface area (Å²) in [6, 6.07) is 5.67. The van der Waals surface area contributed by atoms with E-state index in [4.69, 9.17) is 5.26 Å². The first-order valence-electron chi connectivity index (χ1n) is 5.31. The summed E-state index contributed by atoms with van der Waals surface area (Å²) in [5, 5.41) is 33.8. The van der Waals surface area contributed by atoms with E-state index in [0.717, 1.165) is 6.07 Å². The molecule has 8 nitrogen and oxygen atoms in total. The molecule has 0 aliphatic carbocycles. The zero-order chi connectivity index (χ0) is 14.4. The molecule has 0 aromatic heterocycles. The fourth-order valence-corrected chi connectivity index (χ4v) is 1.37. The third kappa shape index (κ3) is 3.65. The zero-order valence-electron chi connectivity index (χ0n) is 10.1. The van der Waals surface area contributed by atoms with E-state index in [1.165, 1.54) is 19.2 Å². The van der Waals surface area contributed by atoms with Gasteiger partial charge in [-0.3, -0.25) is 14.9 Å². The molecule has 1 unspecified atom stereocenters. The first-order valence-corrected chi connectivity index (χ1v) is 5.31. The molecule has 0 saturated heterocycles. The number of nitro groups is 1. The van der Waals surface area contributed by atoms with Crippen molar-refractivity contribution < 1.29 is 14.8 Å². The van der Waals surface area contributed by atoms with Gasteiger partial charge in [0.1, 0.15) is 11.8 Å². The molecule has 100 valence electrons. The third-order valence-electron chi connectivity index (χ3n) is 2.36. The van der Waals surface area contributed by atoms with E-state index in [1.54, 1.807) is 6.07 Å². The molecule has 0 heterocycles. The number of aliphatic hydroxyl groups is 1. The Hall–Kier alpha value is -2.66. The second kappa shape index (κ2) is 6.32. The highest BCUT2D eigenvalue weighted by Gasteiger charge is 2.17. The second-order valence-corrected chi connectivity index (χ2v) is 3.61. The van der Waals surface area contributed by atoms with Gasteiger partial charge < -0.3 is 15.7 Å². The normalized spacial score (nSPS) is 11.2. The van der Waals surface area contributed by atoms with E-state index in [-0.39, 0.29) is 23.5 Å². The number of aliphatic hydroxyl groups excluding tert-OH is 1. The topological polar surface area (TPSA) is 128 Å². The number of benzene rings is 1. The lowest BCUT2D eigenvalue weighted by Gasteiger charge is -2.11. The van der Waals surface area contributed by atoms with Crippen LogP contribution in [0.1, 0.15) is 5.56 Å². The molecule has 1 aromatic carbocycles. The van der Waals surface area contributed by atoms with Gasteiger partial charge >= 0.3 is 0 Å². The summed E-state index contributed by atoms with van der Waals surface area (Å²) in [5.74, 6) is -0.594. The minimum absolute atomic E-state index is 0.131. The van der Waals surface area contributed by atoms with Crippen LogP contribution >= 0.6 is 0 Å². The van der Waals surface area contributed by atoms with Gasteiger partial charge in [0, 0.05) is 13.1 Å². The average molecular weight is 264 g/mol. The van der Waals surface area contributed by atoms with Crippen molar-refractivity contribution >= 4 is 17.3 Å². The van der Waals surface area contributed by atoms with Crippen molar-refractivity contribution in [3.63, 3.8) is 0 Å². The lowest BCUT2D eigenvalue weighted by Crippen LogP contribution is -2.36. The van der Waals surface area contributed by atoms with Gasteiger partial charge in [0.2, 0.25) is 5.91 Å². The van der Waals surface area contributed by atoms with Gasteiger partial charge in [-0.1, -0.05) is 0 Å². The van der Waals surface area contributed by atoms with Crippen LogP contribution in [0.25, 0.3) is 0 Å². The van der Waals surface area contributed by atoms with Crippen LogP contribution in [0.4, 0.5) is 11.4 Å². The molecule has 19 heavy (non-hydrogen) atoms. The standard InChI is InChI=1S/C11H12N4O4/c1-13-11(17)10(16)6-14-8-3-2-7(5-12)4-9(8)15(18)19/h2-4,10,14,16H,6H2,1H3,(H,13,17). The van der Waals surface area contributed by atoms with Gasteiger partial charge in [0.25, 0.3) is 5.69 Å². The summed E-state index contributed by atoms with van der Waals surface area (Å²) in [6.45, 7) is -0.174. The van der Waals surface area contributed by atoms with Crippen molar-refractivity contribution in [3.8, 4) is 6.07 Å². The number of carbonyl (C=O) groups is 1. The van der Waals surface area contributed by atoms with Gasteiger partial charge in [0.15, 0.2) is 0 Å². The monoisotopic (exact) mass is 264 g/mol. The van der Waals surface area contributed by atoms with E-state index < -0.39 is 16.9 Å². The van der Waals surface area contributed by atoms with Crippen molar-refractivity contribution in [2.75, 3.05) is 18.9 Å². The number of nitriles is 1. The van der Waals surface area contributed by atoms with E-state index in [2.05, 4.69) is 10.6 Å². The Morgan fingerprint density at radius 3 is 2.84 bits per heavy atom.